The molecule has 0 aliphatic rings. The highest BCUT2D eigenvalue weighted by atomic mass is 79.9. The number of halogens is 3. The van der Waals surface area contributed by atoms with Gasteiger partial charge < -0.3 is 14.3 Å². The summed E-state index contributed by atoms with van der Waals surface area (Å²) in [6.45, 7) is 0.0361. The van der Waals surface area contributed by atoms with Crippen LogP contribution in [0.2, 0.25) is 10.0 Å². The molecule has 0 aliphatic carbocycles. The Bertz CT molecular complexity index is 601. The smallest absolute Gasteiger partial charge is 0.371 e. The molecule has 2 rings (SSSR count). The molecule has 0 amide bonds. The summed E-state index contributed by atoms with van der Waals surface area (Å²) in [7, 11) is 0. The summed E-state index contributed by atoms with van der Waals surface area (Å²) in [4.78, 5) is 10.7. The summed E-state index contributed by atoms with van der Waals surface area (Å²) in [6.07, 6.45) is 0. The van der Waals surface area contributed by atoms with Gasteiger partial charge in [0.1, 0.15) is 12.4 Å². The highest BCUT2D eigenvalue weighted by Crippen LogP contribution is 2.36. The minimum atomic E-state index is -1.13. The lowest BCUT2D eigenvalue weighted by Crippen LogP contribution is -1.96. The van der Waals surface area contributed by atoms with Crippen molar-refractivity contribution in [3.63, 3.8) is 0 Å². The number of benzene rings is 1. The fourth-order valence-corrected chi connectivity index (χ4v) is 2.70. The molecule has 1 N–H and O–H groups in total. The van der Waals surface area contributed by atoms with Crippen LogP contribution in [0.5, 0.6) is 5.75 Å². The lowest BCUT2D eigenvalue weighted by molar-refractivity contribution is 0.0658. The second-order valence-corrected chi connectivity index (χ2v) is 5.29. The fraction of sp³-hybridized carbons (Fsp3) is 0.0833. The topological polar surface area (TPSA) is 59.7 Å². The fourth-order valence-electron chi connectivity index (χ4n) is 1.38. The zero-order valence-corrected chi connectivity index (χ0v) is 12.4. The largest absolute Gasteiger partial charge is 0.483 e. The molecule has 0 saturated carbocycles. The van der Waals surface area contributed by atoms with E-state index < -0.39 is 5.97 Å². The average molecular weight is 366 g/mol. The van der Waals surface area contributed by atoms with Crippen molar-refractivity contribution in [2.24, 2.45) is 0 Å². The van der Waals surface area contributed by atoms with Crippen LogP contribution < -0.4 is 4.74 Å². The van der Waals surface area contributed by atoms with Gasteiger partial charge in [0, 0.05) is 4.47 Å². The maximum absolute atomic E-state index is 10.7. The second kappa shape index (κ2) is 5.86. The van der Waals surface area contributed by atoms with Crippen molar-refractivity contribution in [3.05, 3.63) is 50.3 Å². The first-order valence-electron chi connectivity index (χ1n) is 5.06. The van der Waals surface area contributed by atoms with Crippen molar-refractivity contribution >= 4 is 45.1 Å². The molecule has 0 atom stereocenters. The zero-order chi connectivity index (χ0) is 14.0. The second-order valence-electron chi connectivity index (χ2n) is 3.56. The number of carboxylic acids is 1. The number of furan rings is 1. The Morgan fingerprint density at radius 2 is 1.95 bits per heavy atom. The number of hydrogen-bond acceptors (Lipinski definition) is 3. The molecule has 100 valence electrons. The maximum Gasteiger partial charge on any atom is 0.371 e. The first kappa shape index (κ1) is 14.2. The molecule has 1 aromatic carbocycles. The van der Waals surface area contributed by atoms with E-state index in [-0.39, 0.29) is 12.4 Å². The van der Waals surface area contributed by atoms with Crippen LogP contribution in [-0.2, 0) is 6.61 Å². The van der Waals surface area contributed by atoms with Crippen LogP contribution in [-0.4, -0.2) is 11.1 Å². The molecule has 1 aromatic heterocycles. The molecular formula is C12H7BrCl2O4. The van der Waals surface area contributed by atoms with Crippen molar-refractivity contribution in [2.45, 2.75) is 6.61 Å². The first-order valence-corrected chi connectivity index (χ1v) is 6.61. The summed E-state index contributed by atoms with van der Waals surface area (Å²) < 4.78 is 11.2. The molecule has 0 saturated heterocycles. The molecule has 7 heteroatoms. The summed E-state index contributed by atoms with van der Waals surface area (Å²) >= 11 is 15.2. The SMILES string of the molecule is O=C(O)c1ccc(COc2c(Cl)cc(Br)cc2Cl)o1. The Labute approximate surface area is 127 Å². The minimum absolute atomic E-state index is 0.0361. The Morgan fingerprint density at radius 1 is 1.32 bits per heavy atom. The molecule has 0 bridgehead atoms. The molecule has 0 spiro atoms. The Kier molecular flexibility index (Phi) is 4.39. The molecule has 2 aromatic rings. The quantitative estimate of drug-likeness (QED) is 0.858. The van der Waals surface area contributed by atoms with E-state index in [1.807, 2.05) is 0 Å². The van der Waals surface area contributed by atoms with Crippen LogP contribution in [0.4, 0.5) is 0 Å². The van der Waals surface area contributed by atoms with E-state index in [4.69, 9.17) is 37.5 Å². The first-order chi connectivity index (χ1) is 8.97. The van der Waals surface area contributed by atoms with Crippen LogP contribution in [0, 0.1) is 0 Å². The highest BCUT2D eigenvalue weighted by molar-refractivity contribution is 9.10. The third-order valence-electron chi connectivity index (χ3n) is 2.19. The molecule has 0 fully saturated rings. The Morgan fingerprint density at radius 3 is 2.47 bits per heavy atom. The average Bonchev–Trinajstić information content (AvgIpc) is 2.76. The van der Waals surface area contributed by atoms with Crippen molar-refractivity contribution in [1.29, 1.82) is 0 Å². The molecule has 0 radical (unpaired) electrons. The summed E-state index contributed by atoms with van der Waals surface area (Å²) in [5.74, 6) is -0.593. The van der Waals surface area contributed by atoms with Crippen molar-refractivity contribution in [3.8, 4) is 5.75 Å². The van der Waals surface area contributed by atoms with E-state index >= 15 is 0 Å². The molecule has 0 aliphatic heterocycles. The van der Waals surface area contributed by atoms with E-state index in [1.165, 1.54) is 12.1 Å². The van der Waals surface area contributed by atoms with Crippen molar-refractivity contribution in [2.75, 3.05) is 0 Å². The number of rotatable bonds is 4. The molecule has 1 heterocycles. The van der Waals surface area contributed by atoms with Gasteiger partial charge in [-0.05, 0) is 24.3 Å². The number of carbonyl (C=O) groups is 1. The van der Waals surface area contributed by atoms with E-state index in [9.17, 15) is 4.79 Å². The van der Waals surface area contributed by atoms with Gasteiger partial charge in [0.05, 0.1) is 10.0 Å². The number of ether oxygens (including phenoxy) is 1. The maximum atomic E-state index is 10.7. The minimum Gasteiger partial charge on any atom is -0.483 e. The summed E-state index contributed by atoms with van der Waals surface area (Å²) in [6, 6.07) is 6.16. The van der Waals surface area contributed by atoms with Gasteiger partial charge in [-0.3, -0.25) is 0 Å². The number of hydrogen-bond donors (Lipinski definition) is 1. The van der Waals surface area contributed by atoms with Gasteiger partial charge in [-0.25, -0.2) is 4.79 Å². The monoisotopic (exact) mass is 364 g/mol. The van der Waals surface area contributed by atoms with Crippen molar-refractivity contribution < 1.29 is 19.1 Å². The predicted molar refractivity (Wildman–Crippen MR) is 74.2 cm³/mol. The van der Waals surface area contributed by atoms with Crippen molar-refractivity contribution in [1.82, 2.24) is 0 Å². The van der Waals surface area contributed by atoms with Gasteiger partial charge in [-0.15, -0.1) is 0 Å². The number of aromatic carboxylic acids is 1. The predicted octanol–water partition coefficient (Wildman–Crippen LogP) is 4.63. The summed E-state index contributed by atoms with van der Waals surface area (Å²) in [5.41, 5.74) is 0. The van der Waals surface area contributed by atoms with Crippen LogP contribution in [0.15, 0.2) is 33.2 Å². The molecule has 4 nitrogen and oxygen atoms in total. The number of carboxylic acid groups (broad SMARTS) is 1. The molecular weight excluding hydrogens is 359 g/mol. The van der Waals surface area contributed by atoms with Crippen LogP contribution in [0.1, 0.15) is 16.3 Å². The van der Waals surface area contributed by atoms with E-state index in [0.717, 1.165) is 4.47 Å². The molecule has 0 unspecified atom stereocenters. The lowest BCUT2D eigenvalue weighted by Gasteiger charge is -2.09. The third kappa shape index (κ3) is 3.43. The van der Waals surface area contributed by atoms with E-state index in [0.29, 0.717) is 21.6 Å². The normalized spacial score (nSPS) is 10.5. The van der Waals surface area contributed by atoms with Crippen LogP contribution in [0.25, 0.3) is 0 Å². The van der Waals surface area contributed by atoms with E-state index in [1.54, 1.807) is 12.1 Å². The van der Waals surface area contributed by atoms with Crippen LogP contribution in [0.3, 0.4) is 0 Å². The lowest BCUT2D eigenvalue weighted by atomic mass is 10.3. The van der Waals surface area contributed by atoms with Crippen LogP contribution >= 0.6 is 39.1 Å². The van der Waals surface area contributed by atoms with Gasteiger partial charge >= 0.3 is 5.97 Å². The Balaban J connectivity index is 2.12. The standard InChI is InChI=1S/C12H7BrCl2O4/c13-6-3-8(14)11(9(15)4-6)18-5-7-1-2-10(19-7)12(16)17/h1-4H,5H2,(H,16,17). The zero-order valence-electron chi connectivity index (χ0n) is 9.32. The van der Waals surface area contributed by atoms with Gasteiger partial charge in [0.25, 0.3) is 0 Å². The summed E-state index contributed by atoms with van der Waals surface area (Å²) in [5, 5.41) is 9.42. The van der Waals surface area contributed by atoms with Gasteiger partial charge in [-0.1, -0.05) is 39.1 Å². The highest BCUT2D eigenvalue weighted by Gasteiger charge is 2.12. The third-order valence-corrected chi connectivity index (χ3v) is 3.21. The van der Waals surface area contributed by atoms with Gasteiger partial charge in [0.2, 0.25) is 5.76 Å². The van der Waals surface area contributed by atoms with E-state index in [2.05, 4.69) is 15.9 Å². The van der Waals surface area contributed by atoms with Gasteiger partial charge in [0.15, 0.2) is 5.75 Å². The molecule has 19 heavy (non-hydrogen) atoms. The van der Waals surface area contributed by atoms with Gasteiger partial charge in [-0.2, -0.15) is 0 Å². The Hall–Kier alpha value is -1.17.